The molecule has 1 aromatic carbocycles. The molecule has 14 heavy (non-hydrogen) atoms. The fraction of sp³-hybridized carbons (Fsp3) is 0.200. The molecule has 1 amide bonds. The molecule has 0 saturated heterocycles. The van der Waals surface area contributed by atoms with Gasteiger partial charge in [-0.1, -0.05) is 0 Å². The number of rotatable bonds is 2. The minimum Gasteiger partial charge on any atom is -0.325 e. The average Bonchev–Trinajstić information content (AvgIpc) is 2.01. The Morgan fingerprint density at radius 3 is 2.07 bits per heavy atom. The highest BCUT2D eigenvalue weighted by Gasteiger charge is 2.09. The number of amides is 1. The van der Waals surface area contributed by atoms with Crippen molar-refractivity contribution >= 4 is 11.6 Å². The summed E-state index contributed by atoms with van der Waals surface area (Å²) in [5.74, 6) is -1.26. The van der Waals surface area contributed by atoms with E-state index < -0.39 is 11.6 Å². The summed E-state index contributed by atoms with van der Waals surface area (Å²) in [7, 11) is 0. The van der Waals surface area contributed by atoms with E-state index in [2.05, 4.69) is 5.32 Å². The molecule has 1 N–H and O–H groups in total. The Bertz CT molecular complexity index is 330. The van der Waals surface area contributed by atoms with Gasteiger partial charge in [0.2, 0.25) is 5.91 Å². The topological polar surface area (TPSA) is 29.1 Å². The standard InChI is InChI=1S/C10H10F2NO/c1-6(2)10(14)13-9-4-7(11)3-8(12)5-9/h3-5H,1-2H3,(H,13,14). The van der Waals surface area contributed by atoms with Crippen LogP contribution in [0.4, 0.5) is 14.5 Å². The molecule has 0 spiro atoms. The lowest BCUT2D eigenvalue weighted by molar-refractivity contribution is -0.114. The Kier molecular flexibility index (Phi) is 3.17. The van der Waals surface area contributed by atoms with Crippen LogP contribution in [0, 0.1) is 17.6 Å². The maximum atomic E-state index is 12.7. The van der Waals surface area contributed by atoms with Gasteiger partial charge in [-0.25, -0.2) is 8.78 Å². The van der Waals surface area contributed by atoms with Crippen molar-refractivity contribution in [3.8, 4) is 0 Å². The van der Waals surface area contributed by atoms with E-state index in [-0.39, 0.29) is 11.6 Å². The summed E-state index contributed by atoms with van der Waals surface area (Å²) in [4.78, 5) is 11.1. The van der Waals surface area contributed by atoms with Gasteiger partial charge in [-0.15, -0.1) is 0 Å². The normalized spacial score (nSPS) is 10.4. The van der Waals surface area contributed by atoms with Crippen molar-refractivity contribution in [3.05, 3.63) is 35.8 Å². The van der Waals surface area contributed by atoms with E-state index in [4.69, 9.17) is 0 Å². The van der Waals surface area contributed by atoms with E-state index in [1.165, 1.54) is 0 Å². The molecule has 0 unspecified atom stereocenters. The predicted octanol–water partition coefficient (Wildman–Crippen LogP) is 2.52. The van der Waals surface area contributed by atoms with Crippen LogP contribution in [-0.4, -0.2) is 5.91 Å². The van der Waals surface area contributed by atoms with Crippen molar-refractivity contribution in [1.29, 1.82) is 0 Å². The van der Waals surface area contributed by atoms with Gasteiger partial charge in [0.25, 0.3) is 0 Å². The SMILES string of the molecule is C[C](C)C(=O)Nc1cc(F)cc(F)c1. The lowest BCUT2D eigenvalue weighted by Crippen LogP contribution is -2.16. The van der Waals surface area contributed by atoms with Crippen LogP contribution in [0.25, 0.3) is 0 Å². The minimum absolute atomic E-state index is 0.119. The molecule has 1 rings (SSSR count). The van der Waals surface area contributed by atoms with Crippen LogP contribution in [0.5, 0.6) is 0 Å². The van der Waals surface area contributed by atoms with Crippen molar-refractivity contribution in [1.82, 2.24) is 0 Å². The van der Waals surface area contributed by atoms with Gasteiger partial charge in [0, 0.05) is 11.8 Å². The number of carbonyl (C=O) groups excluding carboxylic acids is 1. The molecule has 0 aliphatic carbocycles. The third-order valence-corrected chi connectivity index (χ3v) is 1.57. The largest absolute Gasteiger partial charge is 0.325 e. The first kappa shape index (κ1) is 10.6. The maximum Gasteiger partial charge on any atom is 0.231 e. The number of hydrogen-bond acceptors (Lipinski definition) is 1. The molecular weight excluding hydrogens is 188 g/mol. The molecule has 0 aromatic heterocycles. The van der Waals surface area contributed by atoms with E-state index in [1.54, 1.807) is 13.8 Å². The first-order valence-corrected chi connectivity index (χ1v) is 4.06. The Hall–Kier alpha value is -1.45. The molecule has 1 aromatic rings. The van der Waals surface area contributed by atoms with Crippen LogP contribution < -0.4 is 5.32 Å². The highest BCUT2D eigenvalue weighted by Crippen LogP contribution is 2.13. The van der Waals surface area contributed by atoms with Gasteiger partial charge in [0.05, 0.1) is 5.92 Å². The Morgan fingerprint density at radius 1 is 1.14 bits per heavy atom. The highest BCUT2D eigenvalue weighted by atomic mass is 19.1. The van der Waals surface area contributed by atoms with E-state index in [1.807, 2.05) is 0 Å². The van der Waals surface area contributed by atoms with Crippen LogP contribution in [-0.2, 0) is 4.79 Å². The highest BCUT2D eigenvalue weighted by molar-refractivity contribution is 6.00. The van der Waals surface area contributed by atoms with Crippen molar-refractivity contribution < 1.29 is 13.6 Å². The van der Waals surface area contributed by atoms with Crippen molar-refractivity contribution in [3.63, 3.8) is 0 Å². The monoisotopic (exact) mass is 198 g/mol. The molecule has 4 heteroatoms. The molecule has 0 aliphatic rings. The first-order chi connectivity index (χ1) is 6.49. The minimum atomic E-state index is -0.714. The van der Waals surface area contributed by atoms with Crippen LogP contribution in [0.15, 0.2) is 18.2 Å². The van der Waals surface area contributed by atoms with Gasteiger partial charge in [-0.3, -0.25) is 4.79 Å². The second-order valence-electron chi connectivity index (χ2n) is 3.11. The van der Waals surface area contributed by atoms with E-state index in [9.17, 15) is 13.6 Å². The molecule has 0 atom stereocenters. The summed E-state index contributed by atoms with van der Waals surface area (Å²) in [6.07, 6.45) is 0. The Morgan fingerprint density at radius 2 is 1.64 bits per heavy atom. The second kappa shape index (κ2) is 4.17. The van der Waals surface area contributed by atoms with Crippen molar-refractivity contribution in [2.45, 2.75) is 13.8 Å². The molecule has 2 nitrogen and oxygen atoms in total. The lowest BCUT2D eigenvalue weighted by Gasteiger charge is -2.06. The number of nitrogens with one attached hydrogen (secondary N) is 1. The van der Waals surface area contributed by atoms with Gasteiger partial charge in [-0.05, 0) is 26.0 Å². The van der Waals surface area contributed by atoms with Crippen molar-refractivity contribution in [2.24, 2.45) is 0 Å². The summed E-state index contributed by atoms with van der Waals surface area (Å²) in [6, 6.07) is 2.87. The van der Waals surface area contributed by atoms with E-state index >= 15 is 0 Å². The third-order valence-electron chi connectivity index (χ3n) is 1.57. The molecule has 0 aliphatic heterocycles. The fourth-order valence-corrected chi connectivity index (χ4v) is 0.882. The molecule has 0 saturated carbocycles. The third kappa shape index (κ3) is 2.80. The molecule has 0 heterocycles. The number of benzene rings is 1. The van der Waals surface area contributed by atoms with Gasteiger partial charge in [0.1, 0.15) is 11.6 Å². The molecule has 75 valence electrons. The molecule has 0 fully saturated rings. The number of halogens is 2. The van der Waals surface area contributed by atoms with Crippen LogP contribution in [0.2, 0.25) is 0 Å². The summed E-state index contributed by atoms with van der Waals surface area (Å²) in [5.41, 5.74) is 0.119. The maximum absolute atomic E-state index is 12.7. The van der Waals surface area contributed by atoms with Gasteiger partial charge in [-0.2, -0.15) is 0 Å². The predicted molar refractivity (Wildman–Crippen MR) is 49.6 cm³/mol. The molecule has 1 radical (unpaired) electrons. The van der Waals surface area contributed by atoms with Crippen LogP contribution in [0.1, 0.15) is 13.8 Å². The van der Waals surface area contributed by atoms with Gasteiger partial charge < -0.3 is 5.32 Å². The average molecular weight is 198 g/mol. The zero-order valence-electron chi connectivity index (χ0n) is 7.90. The summed E-state index contributed by atoms with van der Waals surface area (Å²) >= 11 is 0. The van der Waals surface area contributed by atoms with Crippen molar-refractivity contribution in [2.75, 3.05) is 5.32 Å². The smallest absolute Gasteiger partial charge is 0.231 e. The summed E-state index contributed by atoms with van der Waals surface area (Å²) in [5, 5.41) is 2.37. The van der Waals surface area contributed by atoms with E-state index in [0.717, 1.165) is 18.2 Å². The lowest BCUT2D eigenvalue weighted by atomic mass is 10.2. The molecule has 0 bridgehead atoms. The zero-order valence-corrected chi connectivity index (χ0v) is 7.90. The number of carbonyl (C=O) groups is 1. The van der Waals surface area contributed by atoms with E-state index in [0.29, 0.717) is 5.92 Å². The van der Waals surface area contributed by atoms with Crippen LogP contribution >= 0.6 is 0 Å². The first-order valence-electron chi connectivity index (χ1n) is 4.06. The zero-order chi connectivity index (χ0) is 10.7. The Labute approximate surface area is 80.9 Å². The van der Waals surface area contributed by atoms with Gasteiger partial charge in [0.15, 0.2) is 0 Å². The quantitative estimate of drug-likeness (QED) is 0.777. The summed E-state index contributed by atoms with van der Waals surface area (Å²) in [6.45, 7) is 3.23. The number of hydrogen-bond donors (Lipinski definition) is 1. The number of anilines is 1. The molecular formula is C10H10F2NO. The fourth-order valence-electron chi connectivity index (χ4n) is 0.882. The second-order valence-corrected chi connectivity index (χ2v) is 3.11. The summed E-state index contributed by atoms with van der Waals surface area (Å²) < 4.78 is 25.4. The van der Waals surface area contributed by atoms with Gasteiger partial charge >= 0.3 is 0 Å². The van der Waals surface area contributed by atoms with Crippen LogP contribution in [0.3, 0.4) is 0 Å². The Balaban J connectivity index is 2.82.